The quantitative estimate of drug-likeness (QED) is 0.551. The lowest BCUT2D eigenvalue weighted by molar-refractivity contribution is -0.112. The van der Waals surface area contributed by atoms with Gasteiger partial charge in [-0.05, 0) is 44.9 Å². The number of amides is 1. The van der Waals surface area contributed by atoms with Gasteiger partial charge in [-0.3, -0.25) is 10.1 Å². The van der Waals surface area contributed by atoms with Crippen LogP contribution in [-0.4, -0.2) is 34.4 Å². The molecule has 1 N–H and O–H groups in total. The summed E-state index contributed by atoms with van der Waals surface area (Å²) in [5, 5.41) is 21.4. The Bertz CT molecular complexity index is 875. The molecule has 27 heavy (non-hydrogen) atoms. The van der Waals surface area contributed by atoms with Crippen LogP contribution in [-0.2, 0) is 16.0 Å². The molecular weight excluding hydrogens is 362 g/mol. The van der Waals surface area contributed by atoms with Crippen LogP contribution in [0.15, 0.2) is 11.6 Å². The minimum atomic E-state index is -0.480. The number of anilines is 1. The van der Waals surface area contributed by atoms with Gasteiger partial charge < -0.3 is 9.30 Å². The van der Waals surface area contributed by atoms with Crippen LogP contribution in [0.5, 0.6) is 0 Å². The van der Waals surface area contributed by atoms with E-state index < -0.39 is 5.91 Å². The van der Waals surface area contributed by atoms with Crippen molar-refractivity contribution < 1.29 is 9.53 Å². The van der Waals surface area contributed by atoms with Crippen molar-refractivity contribution in [2.24, 2.45) is 0 Å². The highest BCUT2D eigenvalue weighted by Crippen LogP contribution is 2.23. The maximum absolute atomic E-state index is 12.5. The zero-order valence-corrected chi connectivity index (χ0v) is 17.2. The number of nitrogens with zero attached hydrogens (tertiary/aromatic N) is 4. The number of nitrogens with one attached hydrogen (secondary N) is 1. The molecule has 2 aromatic rings. The molecule has 0 fully saturated rings. The van der Waals surface area contributed by atoms with Crippen LogP contribution in [0.4, 0.5) is 5.13 Å². The second-order valence-electron chi connectivity index (χ2n) is 6.38. The molecule has 1 unspecified atom stereocenters. The van der Waals surface area contributed by atoms with Gasteiger partial charge in [-0.1, -0.05) is 18.3 Å². The Labute approximate surface area is 163 Å². The van der Waals surface area contributed by atoms with Gasteiger partial charge in [0.25, 0.3) is 5.91 Å². The molecule has 1 amide bonds. The number of carbonyl (C=O) groups is 1. The predicted octanol–water partition coefficient (Wildman–Crippen LogP) is 3.66. The van der Waals surface area contributed by atoms with E-state index in [-0.39, 0.29) is 11.6 Å². The van der Waals surface area contributed by atoms with Gasteiger partial charge >= 0.3 is 0 Å². The number of carbonyl (C=O) groups excluding carboxylic acids is 1. The SMILES string of the molecule is CCCc1nnc(NC(=O)/C(C#N)=C/c2cc(C)n(C(C)COC)c2C)s1. The van der Waals surface area contributed by atoms with Gasteiger partial charge in [0.15, 0.2) is 0 Å². The van der Waals surface area contributed by atoms with E-state index in [0.717, 1.165) is 34.8 Å². The van der Waals surface area contributed by atoms with E-state index in [9.17, 15) is 10.1 Å². The van der Waals surface area contributed by atoms with Crippen LogP contribution >= 0.6 is 11.3 Å². The minimum absolute atomic E-state index is 0.0295. The zero-order chi connectivity index (χ0) is 20.0. The number of rotatable bonds is 8. The van der Waals surface area contributed by atoms with Crippen LogP contribution in [0.25, 0.3) is 6.08 Å². The lowest BCUT2D eigenvalue weighted by Crippen LogP contribution is -2.14. The van der Waals surface area contributed by atoms with Gasteiger partial charge in [0, 0.05) is 24.9 Å². The van der Waals surface area contributed by atoms with E-state index in [0.29, 0.717) is 11.7 Å². The molecule has 0 saturated carbocycles. The molecule has 144 valence electrons. The second kappa shape index (κ2) is 9.44. The highest BCUT2D eigenvalue weighted by atomic mass is 32.1. The van der Waals surface area contributed by atoms with Crippen molar-refractivity contribution in [1.82, 2.24) is 14.8 Å². The first-order valence-electron chi connectivity index (χ1n) is 8.84. The molecule has 0 radical (unpaired) electrons. The second-order valence-corrected chi connectivity index (χ2v) is 7.44. The molecule has 0 aliphatic carbocycles. The first kappa shape index (κ1) is 20.8. The summed E-state index contributed by atoms with van der Waals surface area (Å²) in [4.78, 5) is 12.5. The summed E-state index contributed by atoms with van der Waals surface area (Å²) in [6.45, 7) is 8.68. The summed E-state index contributed by atoms with van der Waals surface area (Å²) in [6.07, 6.45) is 3.39. The average molecular weight is 388 g/mol. The van der Waals surface area contributed by atoms with Crippen molar-refractivity contribution in [3.05, 3.63) is 33.6 Å². The van der Waals surface area contributed by atoms with E-state index in [1.807, 2.05) is 26.0 Å². The van der Waals surface area contributed by atoms with E-state index in [1.165, 1.54) is 11.3 Å². The Balaban J connectivity index is 2.23. The first-order valence-corrected chi connectivity index (χ1v) is 9.65. The van der Waals surface area contributed by atoms with Crippen LogP contribution in [0.3, 0.4) is 0 Å². The maximum Gasteiger partial charge on any atom is 0.268 e. The van der Waals surface area contributed by atoms with E-state index in [4.69, 9.17) is 4.74 Å². The molecule has 0 aliphatic heterocycles. The number of aryl methyl sites for hydroxylation is 2. The van der Waals surface area contributed by atoms with Gasteiger partial charge in [-0.25, -0.2) is 0 Å². The molecular formula is C19H25N5O2S. The molecule has 7 nitrogen and oxygen atoms in total. The molecule has 0 saturated heterocycles. The lowest BCUT2D eigenvalue weighted by atomic mass is 10.1. The van der Waals surface area contributed by atoms with Crippen LogP contribution in [0, 0.1) is 25.2 Å². The Morgan fingerprint density at radius 2 is 2.22 bits per heavy atom. The van der Waals surface area contributed by atoms with Crippen molar-refractivity contribution in [2.75, 3.05) is 19.0 Å². The highest BCUT2D eigenvalue weighted by Gasteiger charge is 2.17. The molecule has 0 bridgehead atoms. The Morgan fingerprint density at radius 1 is 1.48 bits per heavy atom. The summed E-state index contributed by atoms with van der Waals surface area (Å²) >= 11 is 1.33. The maximum atomic E-state index is 12.5. The van der Waals surface area contributed by atoms with Crippen molar-refractivity contribution in [3.63, 3.8) is 0 Å². The normalized spacial score (nSPS) is 12.7. The fraction of sp³-hybridized carbons (Fsp3) is 0.474. The van der Waals surface area contributed by atoms with Crippen molar-refractivity contribution in [2.45, 2.75) is 46.6 Å². The Hall–Kier alpha value is -2.50. The fourth-order valence-corrected chi connectivity index (χ4v) is 3.87. The lowest BCUT2D eigenvalue weighted by Gasteiger charge is -2.17. The van der Waals surface area contributed by atoms with E-state index in [1.54, 1.807) is 13.2 Å². The number of ether oxygens (including phenoxy) is 1. The number of hydrogen-bond acceptors (Lipinski definition) is 6. The number of aromatic nitrogens is 3. The van der Waals surface area contributed by atoms with Gasteiger partial charge in [0.1, 0.15) is 16.6 Å². The minimum Gasteiger partial charge on any atom is -0.383 e. The average Bonchev–Trinajstić information content (AvgIpc) is 3.17. The monoisotopic (exact) mass is 387 g/mol. The Morgan fingerprint density at radius 3 is 2.85 bits per heavy atom. The number of methoxy groups -OCH3 is 1. The van der Waals surface area contributed by atoms with Crippen molar-refractivity contribution >= 4 is 28.5 Å². The third kappa shape index (κ3) is 5.02. The largest absolute Gasteiger partial charge is 0.383 e. The summed E-state index contributed by atoms with van der Waals surface area (Å²) in [5.41, 5.74) is 2.90. The molecule has 0 aliphatic rings. The van der Waals surface area contributed by atoms with Crippen LogP contribution < -0.4 is 5.32 Å². The predicted molar refractivity (Wildman–Crippen MR) is 107 cm³/mol. The summed E-state index contributed by atoms with van der Waals surface area (Å²) in [6, 6.07) is 4.12. The molecule has 8 heteroatoms. The summed E-state index contributed by atoms with van der Waals surface area (Å²) in [7, 11) is 1.67. The molecule has 2 rings (SSSR count). The molecule has 0 aromatic carbocycles. The third-order valence-electron chi connectivity index (χ3n) is 4.19. The van der Waals surface area contributed by atoms with Crippen LogP contribution in [0.1, 0.15) is 48.3 Å². The molecule has 1 atom stereocenters. The first-order chi connectivity index (χ1) is 12.9. The smallest absolute Gasteiger partial charge is 0.268 e. The topological polar surface area (TPSA) is 92.8 Å². The Kier molecular flexibility index (Phi) is 7.28. The summed E-state index contributed by atoms with van der Waals surface area (Å²) < 4.78 is 7.38. The molecule has 0 spiro atoms. The van der Waals surface area contributed by atoms with Crippen molar-refractivity contribution in [3.8, 4) is 6.07 Å². The highest BCUT2D eigenvalue weighted by molar-refractivity contribution is 7.15. The van der Waals surface area contributed by atoms with E-state index >= 15 is 0 Å². The van der Waals surface area contributed by atoms with Gasteiger partial charge in [0.2, 0.25) is 5.13 Å². The number of nitriles is 1. The van der Waals surface area contributed by atoms with Gasteiger partial charge in [-0.2, -0.15) is 5.26 Å². The summed E-state index contributed by atoms with van der Waals surface area (Å²) in [5.74, 6) is -0.480. The molecule has 2 aromatic heterocycles. The third-order valence-corrected chi connectivity index (χ3v) is 5.09. The fourth-order valence-electron chi connectivity index (χ4n) is 3.03. The molecule has 2 heterocycles. The van der Waals surface area contributed by atoms with Crippen LogP contribution in [0.2, 0.25) is 0 Å². The van der Waals surface area contributed by atoms with E-state index in [2.05, 4.69) is 33.9 Å². The number of hydrogen-bond donors (Lipinski definition) is 1. The van der Waals surface area contributed by atoms with Gasteiger partial charge in [0.05, 0.1) is 12.6 Å². The van der Waals surface area contributed by atoms with Gasteiger partial charge in [-0.15, -0.1) is 10.2 Å². The van der Waals surface area contributed by atoms with Crippen molar-refractivity contribution in [1.29, 1.82) is 5.26 Å². The standard InChI is InChI=1S/C19H25N5O2S/c1-6-7-17-22-23-19(27-17)21-18(25)16(10-20)9-15-8-12(2)24(14(15)4)13(3)11-26-5/h8-9,13H,6-7,11H2,1-5H3,(H,21,23,25)/b16-9+. The zero-order valence-electron chi connectivity index (χ0n) is 16.4.